The molecule has 1 fully saturated rings. The van der Waals surface area contributed by atoms with E-state index in [0.717, 1.165) is 12.0 Å². The first-order valence-electron chi connectivity index (χ1n) is 6.09. The molecule has 98 valence electrons. The molecule has 0 radical (unpaired) electrons. The summed E-state index contributed by atoms with van der Waals surface area (Å²) in [6.45, 7) is 0.452. The number of benzene rings is 1. The van der Waals surface area contributed by atoms with Crippen LogP contribution in [0.1, 0.15) is 18.4 Å². The largest absolute Gasteiger partial charge is 0.392 e. The van der Waals surface area contributed by atoms with Crippen LogP contribution < -0.4 is 11.1 Å². The van der Waals surface area contributed by atoms with Crippen LogP contribution in [-0.2, 0) is 16.1 Å². The number of aliphatic hydroxyl groups excluding tert-OH is 1. The van der Waals surface area contributed by atoms with Crippen molar-refractivity contribution >= 4 is 11.6 Å². The fourth-order valence-corrected chi connectivity index (χ4v) is 1.99. The van der Waals surface area contributed by atoms with E-state index in [0.29, 0.717) is 18.7 Å². The van der Waals surface area contributed by atoms with Gasteiger partial charge < -0.3 is 20.9 Å². The van der Waals surface area contributed by atoms with Gasteiger partial charge in [-0.05, 0) is 30.5 Å². The smallest absolute Gasteiger partial charge is 0.253 e. The highest BCUT2D eigenvalue weighted by Crippen LogP contribution is 2.20. The van der Waals surface area contributed by atoms with Crippen molar-refractivity contribution in [3.63, 3.8) is 0 Å². The van der Waals surface area contributed by atoms with Gasteiger partial charge in [-0.1, -0.05) is 12.1 Å². The van der Waals surface area contributed by atoms with E-state index in [1.807, 2.05) is 0 Å². The summed E-state index contributed by atoms with van der Waals surface area (Å²) >= 11 is 0. The van der Waals surface area contributed by atoms with Crippen LogP contribution >= 0.6 is 0 Å². The molecule has 1 amide bonds. The molecule has 1 aromatic carbocycles. The van der Waals surface area contributed by atoms with Crippen molar-refractivity contribution in [1.29, 1.82) is 0 Å². The van der Waals surface area contributed by atoms with Crippen molar-refractivity contribution in [2.45, 2.75) is 31.7 Å². The van der Waals surface area contributed by atoms with Crippen LogP contribution in [0.25, 0.3) is 0 Å². The van der Waals surface area contributed by atoms with Gasteiger partial charge in [-0.3, -0.25) is 4.79 Å². The molecule has 0 spiro atoms. The average Bonchev–Trinajstić information content (AvgIpc) is 2.88. The minimum absolute atomic E-state index is 0.00184. The number of carbonyl (C=O) groups is 1. The summed E-state index contributed by atoms with van der Waals surface area (Å²) in [5.74, 6) is -0.136. The Labute approximate surface area is 106 Å². The van der Waals surface area contributed by atoms with Gasteiger partial charge in [0.15, 0.2) is 0 Å². The number of amides is 1. The summed E-state index contributed by atoms with van der Waals surface area (Å²) in [6, 6.07) is 7.07. The molecule has 0 saturated carbocycles. The standard InChI is InChI=1S/C13H18N2O3/c14-7-11-5-6-12(18-11)13(17)15-10-3-1-9(8-16)2-4-10/h1-4,11-12,16H,5-8,14H2,(H,15,17). The number of nitrogens with one attached hydrogen (secondary N) is 1. The molecule has 1 aliphatic rings. The van der Waals surface area contributed by atoms with Crippen LogP contribution in [0.4, 0.5) is 5.69 Å². The fraction of sp³-hybridized carbons (Fsp3) is 0.462. The molecular weight excluding hydrogens is 232 g/mol. The first-order chi connectivity index (χ1) is 8.72. The van der Waals surface area contributed by atoms with E-state index in [9.17, 15) is 4.79 Å². The zero-order valence-electron chi connectivity index (χ0n) is 10.1. The highest BCUT2D eigenvalue weighted by atomic mass is 16.5. The molecule has 5 heteroatoms. The van der Waals surface area contributed by atoms with Crippen molar-refractivity contribution in [3.8, 4) is 0 Å². The van der Waals surface area contributed by atoms with E-state index in [2.05, 4.69) is 5.32 Å². The maximum absolute atomic E-state index is 11.9. The molecule has 2 atom stereocenters. The molecule has 1 saturated heterocycles. The van der Waals surface area contributed by atoms with Gasteiger partial charge in [0.25, 0.3) is 5.91 Å². The second-order valence-electron chi connectivity index (χ2n) is 4.40. The Kier molecular flexibility index (Phi) is 4.30. The lowest BCUT2D eigenvalue weighted by molar-refractivity contribution is -0.126. The van der Waals surface area contributed by atoms with E-state index in [-0.39, 0.29) is 18.6 Å². The molecule has 18 heavy (non-hydrogen) atoms. The Hall–Kier alpha value is -1.43. The van der Waals surface area contributed by atoms with Crippen molar-refractivity contribution in [1.82, 2.24) is 0 Å². The van der Waals surface area contributed by atoms with E-state index in [4.69, 9.17) is 15.6 Å². The third-order valence-electron chi connectivity index (χ3n) is 3.07. The quantitative estimate of drug-likeness (QED) is 0.731. The predicted octanol–water partition coefficient (Wildman–Crippen LogP) is 0.624. The summed E-state index contributed by atoms with van der Waals surface area (Å²) in [4.78, 5) is 11.9. The number of anilines is 1. The lowest BCUT2D eigenvalue weighted by Crippen LogP contribution is -2.29. The third-order valence-corrected chi connectivity index (χ3v) is 3.07. The number of rotatable bonds is 4. The van der Waals surface area contributed by atoms with Gasteiger partial charge in [-0.25, -0.2) is 0 Å². The number of hydrogen-bond donors (Lipinski definition) is 3. The number of aliphatic hydroxyl groups is 1. The number of carbonyl (C=O) groups excluding carboxylic acids is 1. The van der Waals surface area contributed by atoms with Gasteiger partial charge in [-0.15, -0.1) is 0 Å². The Morgan fingerprint density at radius 1 is 1.39 bits per heavy atom. The van der Waals surface area contributed by atoms with Crippen molar-refractivity contribution < 1.29 is 14.6 Å². The average molecular weight is 250 g/mol. The molecule has 2 unspecified atom stereocenters. The van der Waals surface area contributed by atoms with Crippen LogP contribution in [0.2, 0.25) is 0 Å². The van der Waals surface area contributed by atoms with E-state index >= 15 is 0 Å². The maximum atomic E-state index is 11.9. The van der Waals surface area contributed by atoms with Crippen LogP contribution in [0.5, 0.6) is 0 Å². The van der Waals surface area contributed by atoms with Crippen LogP contribution in [-0.4, -0.2) is 29.8 Å². The fourth-order valence-electron chi connectivity index (χ4n) is 1.99. The van der Waals surface area contributed by atoms with Gasteiger partial charge in [0, 0.05) is 12.2 Å². The monoisotopic (exact) mass is 250 g/mol. The molecule has 1 aliphatic heterocycles. The van der Waals surface area contributed by atoms with Crippen LogP contribution in [0.15, 0.2) is 24.3 Å². The van der Waals surface area contributed by atoms with Crippen molar-refractivity contribution in [3.05, 3.63) is 29.8 Å². The normalized spacial score (nSPS) is 23.0. The second kappa shape index (κ2) is 5.95. The summed E-state index contributed by atoms with van der Waals surface area (Å²) in [7, 11) is 0. The first kappa shape index (κ1) is 13.0. The van der Waals surface area contributed by atoms with Gasteiger partial charge in [-0.2, -0.15) is 0 Å². The highest BCUT2D eigenvalue weighted by molar-refractivity contribution is 5.94. The maximum Gasteiger partial charge on any atom is 0.253 e. The van der Waals surface area contributed by atoms with Gasteiger partial charge >= 0.3 is 0 Å². The molecule has 0 bridgehead atoms. The van der Waals surface area contributed by atoms with Gasteiger partial charge in [0.2, 0.25) is 0 Å². The third kappa shape index (κ3) is 3.07. The zero-order chi connectivity index (χ0) is 13.0. The minimum Gasteiger partial charge on any atom is -0.392 e. The SMILES string of the molecule is NCC1CCC(C(=O)Nc2ccc(CO)cc2)O1. The molecule has 5 nitrogen and oxygen atoms in total. The Bertz CT molecular complexity index is 405. The Morgan fingerprint density at radius 2 is 2.11 bits per heavy atom. The molecule has 0 aliphatic carbocycles. The summed E-state index contributed by atoms with van der Waals surface area (Å²) < 4.78 is 5.51. The zero-order valence-corrected chi connectivity index (χ0v) is 10.1. The molecule has 2 rings (SSSR count). The summed E-state index contributed by atoms with van der Waals surface area (Å²) in [5, 5.41) is 11.7. The topological polar surface area (TPSA) is 84.6 Å². The van der Waals surface area contributed by atoms with Gasteiger partial charge in [0.05, 0.1) is 12.7 Å². The molecule has 0 aromatic heterocycles. The predicted molar refractivity (Wildman–Crippen MR) is 67.9 cm³/mol. The molecule has 4 N–H and O–H groups in total. The Morgan fingerprint density at radius 3 is 2.67 bits per heavy atom. The summed E-state index contributed by atoms with van der Waals surface area (Å²) in [5.41, 5.74) is 7.02. The minimum atomic E-state index is -0.406. The number of nitrogens with two attached hydrogens (primary N) is 1. The van der Waals surface area contributed by atoms with Crippen molar-refractivity contribution in [2.24, 2.45) is 5.73 Å². The van der Waals surface area contributed by atoms with Crippen LogP contribution in [0, 0.1) is 0 Å². The highest BCUT2D eigenvalue weighted by Gasteiger charge is 2.29. The number of ether oxygens (including phenoxy) is 1. The summed E-state index contributed by atoms with van der Waals surface area (Å²) in [6.07, 6.45) is 1.13. The number of hydrogen-bond acceptors (Lipinski definition) is 4. The van der Waals surface area contributed by atoms with Crippen LogP contribution in [0.3, 0.4) is 0 Å². The Balaban J connectivity index is 1.90. The van der Waals surface area contributed by atoms with E-state index in [1.165, 1.54) is 0 Å². The lowest BCUT2D eigenvalue weighted by Gasteiger charge is -2.12. The molecule has 1 aromatic rings. The second-order valence-corrected chi connectivity index (χ2v) is 4.40. The first-order valence-corrected chi connectivity index (χ1v) is 6.09. The van der Waals surface area contributed by atoms with Gasteiger partial charge in [0.1, 0.15) is 6.10 Å². The van der Waals surface area contributed by atoms with Crippen molar-refractivity contribution in [2.75, 3.05) is 11.9 Å². The van der Waals surface area contributed by atoms with E-state index in [1.54, 1.807) is 24.3 Å². The molecular formula is C13H18N2O3. The lowest BCUT2D eigenvalue weighted by atomic mass is 10.1. The van der Waals surface area contributed by atoms with E-state index < -0.39 is 6.10 Å². The molecule has 1 heterocycles.